The third-order valence-corrected chi connectivity index (χ3v) is 3.07. The summed E-state index contributed by atoms with van der Waals surface area (Å²) in [6.45, 7) is 3.04. The fourth-order valence-electron chi connectivity index (χ4n) is 1.37. The van der Waals surface area contributed by atoms with Gasteiger partial charge in [-0.25, -0.2) is 4.98 Å². The van der Waals surface area contributed by atoms with Gasteiger partial charge in [0.2, 0.25) is 0 Å². The van der Waals surface area contributed by atoms with Crippen LogP contribution in [0.5, 0.6) is 5.75 Å². The Hall–Kier alpha value is -1.39. The lowest BCUT2D eigenvalue weighted by atomic mass is 10.2. The second-order valence-electron chi connectivity index (χ2n) is 3.54. The molecular weight excluding hydrogens is 220 g/mol. The van der Waals surface area contributed by atoms with Gasteiger partial charge in [0, 0.05) is 11.9 Å². The summed E-state index contributed by atoms with van der Waals surface area (Å²) in [7, 11) is 0. The van der Waals surface area contributed by atoms with E-state index in [0.29, 0.717) is 13.2 Å². The third-order valence-electron chi connectivity index (χ3n) is 2.15. The molecule has 0 aliphatic rings. The van der Waals surface area contributed by atoms with Crippen LogP contribution in [0.1, 0.15) is 16.3 Å². The van der Waals surface area contributed by atoms with Crippen LogP contribution in [0.4, 0.5) is 0 Å². The fourth-order valence-corrected chi connectivity index (χ4v) is 2.03. The molecule has 0 atom stereocenters. The van der Waals surface area contributed by atoms with Crippen LogP contribution in [0.25, 0.3) is 0 Å². The highest BCUT2D eigenvalue weighted by atomic mass is 32.1. The maximum atomic E-state index is 5.63. The Morgan fingerprint density at radius 1 is 1.44 bits per heavy atom. The Kier molecular flexibility index (Phi) is 3.54. The lowest BCUT2D eigenvalue weighted by molar-refractivity contribution is 0.301. The zero-order valence-corrected chi connectivity index (χ0v) is 9.96. The van der Waals surface area contributed by atoms with Gasteiger partial charge in [0.25, 0.3) is 0 Å². The molecule has 0 aliphatic heterocycles. The molecule has 0 radical (unpaired) electrons. The minimum atomic E-state index is 0.495. The van der Waals surface area contributed by atoms with Crippen LogP contribution in [0.15, 0.2) is 29.6 Å². The second-order valence-corrected chi connectivity index (χ2v) is 4.48. The number of hydrogen-bond acceptors (Lipinski definition) is 4. The van der Waals surface area contributed by atoms with Crippen LogP contribution in [-0.4, -0.2) is 4.98 Å². The van der Waals surface area contributed by atoms with Gasteiger partial charge >= 0.3 is 0 Å². The van der Waals surface area contributed by atoms with Crippen molar-refractivity contribution in [1.29, 1.82) is 0 Å². The monoisotopic (exact) mass is 234 g/mol. The average molecular weight is 234 g/mol. The molecule has 1 aromatic carbocycles. The van der Waals surface area contributed by atoms with Gasteiger partial charge in [-0.1, -0.05) is 12.1 Å². The van der Waals surface area contributed by atoms with E-state index in [2.05, 4.69) is 4.98 Å². The first-order valence-electron chi connectivity index (χ1n) is 5.11. The Bertz CT molecular complexity index is 468. The standard InChI is InChI=1S/C12H14N2OS/c1-9-3-2-4-11(5-9)15-7-10-8-16-12(6-13)14-10/h2-5,8H,6-7,13H2,1H3. The first-order chi connectivity index (χ1) is 7.78. The molecular formula is C12H14N2OS. The minimum absolute atomic E-state index is 0.495. The van der Waals surface area contributed by atoms with Crippen molar-refractivity contribution >= 4 is 11.3 Å². The molecule has 1 aromatic heterocycles. The van der Waals surface area contributed by atoms with Crippen LogP contribution in [0.2, 0.25) is 0 Å². The van der Waals surface area contributed by atoms with E-state index in [1.54, 1.807) is 11.3 Å². The Morgan fingerprint density at radius 3 is 3.00 bits per heavy atom. The number of nitrogens with zero attached hydrogens (tertiary/aromatic N) is 1. The van der Waals surface area contributed by atoms with Gasteiger partial charge in [0.15, 0.2) is 0 Å². The van der Waals surface area contributed by atoms with E-state index in [0.717, 1.165) is 16.5 Å². The summed E-state index contributed by atoms with van der Waals surface area (Å²) in [4.78, 5) is 4.33. The van der Waals surface area contributed by atoms with Crippen molar-refractivity contribution in [3.63, 3.8) is 0 Å². The summed E-state index contributed by atoms with van der Waals surface area (Å²) in [6.07, 6.45) is 0. The third kappa shape index (κ3) is 2.81. The first kappa shape index (κ1) is 11.1. The van der Waals surface area contributed by atoms with Gasteiger partial charge in [-0.2, -0.15) is 0 Å². The van der Waals surface area contributed by atoms with Gasteiger partial charge in [0.1, 0.15) is 17.4 Å². The van der Waals surface area contributed by atoms with Crippen molar-refractivity contribution in [2.45, 2.75) is 20.1 Å². The molecule has 2 aromatic rings. The minimum Gasteiger partial charge on any atom is -0.487 e. The SMILES string of the molecule is Cc1cccc(OCc2csc(CN)n2)c1. The quantitative estimate of drug-likeness (QED) is 0.884. The topological polar surface area (TPSA) is 48.1 Å². The number of hydrogen-bond donors (Lipinski definition) is 1. The summed E-state index contributed by atoms with van der Waals surface area (Å²) in [5.74, 6) is 0.877. The molecule has 0 spiro atoms. The van der Waals surface area contributed by atoms with E-state index in [1.165, 1.54) is 5.56 Å². The summed E-state index contributed by atoms with van der Waals surface area (Å²) < 4.78 is 5.63. The fraction of sp³-hybridized carbons (Fsp3) is 0.250. The Labute approximate surface area is 98.9 Å². The van der Waals surface area contributed by atoms with Crippen molar-refractivity contribution in [2.75, 3.05) is 0 Å². The number of thiazole rings is 1. The van der Waals surface area contributed by atoms with Crippen molar-refractivity contribution in [3.8, 4) is 5.75 Å². The van der Waals surface area contributed by atoms with E-state index in [4.69, 9.17) is 10.5 Å². The summed E-state index contributed by atoms with van der Waals surface area (Å²) >= 11 is 1.57. The molecule has 3 nitrogen and oxygen atoms in total. The molecule has 0 unspecified atom stereocenters. The number of rotatable bonds is 4. The van der Waals surface area contributed by atoms with E-state index in [-0.39, 0.29) is 0 Å². The summed E-state index contributed by atoms with van der Waals surface area (Å²) in [5.41, 5.74) is 7.63. The Balaban J connectivity index is 1.96. The highest BCUT2D eigenvalue weighted by Gasteiger charge is 2.01. The number of aromatic nitrogens is 1. The predicted molar refractivity (Wildman–Crippen MR) is 65.5 cm³/mol. The van der Waals surface area contributed by atoms with Crippen LogP contribution in [-0.2, 0) is 13.2 Å². The maximum absolute atomic E-state index is 5.63. The van der Waals surface area contributed by atoms with Crippen LogP contribution in [0.3, 0.4) is 0 Å². The van der Waals surface area contributed by atoms with Gasteiger partial charge in [-0.3, -0.25) is 0 Å². The average Bonchev–Trinajstić information content (AvgIpc) is 2.74. The number of benzene rings is 1. The molecule has 0 fully saturated rings. The van der Waals surface area contributed by atoms with Crippen LogP contribution in [0, 0.1) is 6.92 Å². The van der Waals surface area contributed by atoms with Gasteiger partial charge in [-0.05, 0) is 24.6 Å². The van der Waals surface area contributed by atoms with Crippen molar-refractivity contribution in [1.82, 2.24) is 4.98 Å². The van der Waals surface area contributed by atoms with Crippen LogP contribution >= 0.6 is 11.3 Å². The molecule has 1 heterocycles. The summed E-state index contributed by atoms with van der Waals surface area (Å²) in [6, 6.07) is 7.98. The lowest BCUT2D eigenvalue weighted by Gasteiger charge is -2.04. The van der Waals surface area contributed by atoms with Gasteiger partial charge in [0.05, 0.1) is 5.69 Å². The zero-order chi connectivity index (χ0) is 11.4. The molecule has 2 N–H and O–H groups in total. The molecule has 0 aliphatic carbocycles. The van der Waals surface area contributed by atoms with E-state index in [9.17, 15) is 0 Å². The highest BCUT2D eigenvalue weighted by Crippen LogP contribution is 2.15. The molecule has 2 rings (SSSR count). The molecule has 0 saturated carbocycles. The molecule has 0 amide bonds. The van der Waals surface area contributed by atoms with Crippen molar-refractivity contribution in [3.05, 3.63) is 45.9 Å². The molecule has 0 saturated heterocycles. The van der Waals surface area contributed by atoms with Gasteiger partial charge < -0.3 is 10.5 Å². The van der Waals surface area contributed by atoms with Crippen LogP contribution < -0.4 is 10.5 Å². The number of nitrogens with two attached hydrogens (primary N) is 1. The molecule has 84 valence electrons. The van der Waals surface area contributed by atoms with Gasteiger partial charge in [-0.15, -0.1) is 11.3 Å². The summed E-state index contributed by atoms with van der Waals surface area (Å²) in [5, 5.41) is 2.93. The Morgan fingerprint density at radius 2 is 2.31 bits per heavy atom. The van der Waals surface area contributed by atoms with E-state index < -0.39 is 0 Å². The largest absolute Gasteiger partial charge is 0.487 e. The van der Waals surface area contributed by atoms with Crippen molar-refractivity contribution < 1.29 is 4.74 Å². The van der Waals surface area contributed by atoms with Crippen molar-refractivity contribution in [2.24, 2.45) is 5.73 Å². The normalized spacial score (nSPS) is 10.4. The lowest BCUT2D eigenvalue weighted by Crippen LogP contribution is -1.98. The van der Waals surface area contributed by atoms with E-state index >= 15 is 0 Å². The maximum Gasteiger partial charge on any atom is 0.131 e. The zero-order valence-electron chi connectivity index (χ0n) is 9.14. The number of aryl methyl sites for hydroxylation is 1. The highest BCUT2D eigenvalue weighted by molar-refractivity contribution is 7.09. The van der Waals surface area contributed by atoms with E-state index in [1.807, 2.05) is 36.6 Å². The predicted octanol–water partition coefficient (Wildman–Crippen LogP) is 2.49. The second kappa shape index (κ2) is 5.09. The molecule has 0 bridgehead atoms. The number of ether oxygens (including phenoxy) is 1. The smallest absolute Gasteiger partial charge is 0.131 e. The molecule has 4 heteroatoms. The first-order valence-corrected chi connectivity index (χ1v) is 5.98. The molecule has 16 heavy (non-hydrogen) atoms.